The lowest BCUT2D eigenvalue weighted by atomic mass is 10.1. The van der Waals surface area contributed by atoms with E-state index in [0.29, 0.717) is 0 Å². The summed E-state index contributed by atoms with van der Waals surface area (Å²) in [6, 6.07) is 3.74. The molecule has 6 nitrogen and oxygen atoms in total. The standard InChI is InChI=1S/C19H21F6N5O/c20-18(21,22)11-31-17-29-15(26-13-7-3-1-2-4-8-13)28-16(30-17)27-14-9-5-6-12(10-14)19(23,24)25/h5-6,9-10,13H,1-4,7-8,11H2,(H2,26,27,28,29,30). The van der Waals surface area contributed by atoms with Gasteiger partial charge in [-0.3, -0.25) is 0 Å². The van der Waals surface area contributed by atoms with E-state index in [1.165, 1.54) is 12.1 Å². The van der Waals surface area contributed by atoms with Crippen molar-refractivity contribution >= 4 is 17.6 Å². The number of alkyl halides is 6. The number of benzene rings is 1. The third kappa shape index (κ3) is 7.44. The number of nitrogens with one attached hydrogen (secondary N) is 2. The summed E-state index contributed by atoms with van der Waals surface area (Å²) in [5.74, 6) is -0.240. The summed E-state index contributed by atoms with van der Waals surface area (Å²) in [5.41, 5.74) is -0.875. The molecule has 0 spiro atoms. The van der Waals surface area contributed by atoms with Crippen molar-refractivity contribution < 1.29 is 31.1 Å². The summed E-state index contributed by atoms with van der Waals surface area (Å²) in [5, 5.41) is 5.66. The Morgan fingerprint density at radius 1 is 0.903 bits per heavy atom. The molecule has 1 fully saturated rings. The zero-order valence-electron chi connectivity index (χ0n) is 16.4. The molecule has 0 aliphatic heterocycles. The number of ether oxygens (including phenoxy) is 1. The van der Waals surface area contributed by atoms with Gasteiger partial charge in [-0.1, -0.05) is 31.7 Å². The molecule has 1 aromatic carbocycles. The zero-order valence-corrected chi connectivity index (χ0v) is 16.4. The predicted molar refractivity (Wildman–Crippen MR) is 101 cm³/mol. The average molecular weight is 449 g/mol. The smallest absolute Gasteiger partial charge is 0.422 e. The molecule has 0 radical (unpaired) electrons. The van der Waals surface area contributed by atoms with Crippen LogP contribution in [0.3, 0.4) is 0 Å². The molecule has 0 bridgehead atoms. The molecule has 170 valence electrons. The Morgan fingerprint density at radius 3 is 2.23 bits per heavy atom. The van der Waals surface area contributed by atoms with Crippen LogP contribution < -0.4 is 15.4 Å². The normalized spacial score (nSPS) is 15.9. The number of anilines is 3. The third-order valence-corrected chi connectivity index (χ3v) is 4.61. The molecule has 0 saturated heterocycles. The molecule has 1 saturated carbocycles. The van der Waals surface area contributed by atoms with E-state index in [1.54, 1.807) is 0 Å². The number of nitrogens with zero attached hydrogens (tertiary/aromatic N) is 3. The van der Waals surface area contributed by atoms with Crippen LogP contribution >= 0.6 is 0 Å². The van der Waals surface area contributed by atoms with Crippen LogP contribution in [0.1, 0.15) is 44.1 Å². The highest BCUT2D eigenvalue weighted by atomic mass is 19.4. The molecule has 1 aliphatic carbocycles. The Bertz CT molecular complexity index is 866. The Labute approximate surface area is 174 Å². The summed E-state index contributed by atoms with van der Waals surface area (Å²) >= 11 is 0. The second-order valence-corrected chi connectivity index (χ2v) is 7.21. The monoisotopic (exact) mass is 449 g/mol. The molecule has 0 atom stereocenters. The Morgan fingerprint density at radius 2 is 1.58 bits per heavy atom. The highest BCUT2D eigenvalue weighted by Crippen LogP contribution is 2.31. The molecule has 31 heavy (non-hydrogen) atoms. The van der Waals surface area contributed by atoms with Gasteiger partial charge in [0.1, 0.15) is 0 Å². The van der Waals surface area contributed by atoms with Gasteiger partial charge >= 0.3 is 18.4 Å². The number of hydrogen-bond acceptors (Lipinski definition) is 6. The van der Waals surface area contributed by atoms with Crippen LogP contribution in [0, 0.1) is 0 Å². The van der Waals surface area contributed by atoms with Crippen LogP contribution in [-0.4, -0.2) is 33.8 Å². The maximum absolute atomic E-state index is 12.9. The first-order chi connectivity index (χ1) is 14.6. The Hall–Kier alpha value is -2.79. The minimum absolute atomic E-state index is 0.00597. The number of hydrogen-bond donors (Lipinski definition) is 2. The van der Waals surface area contributed by atoms with Crippen LogP contribution in [0.2, 0.25) is 0 Å². The van der Waals surface area contributed by atoms with Crippen LogP contribution in [0.5, 0.6) is 6.01 Å². The molecular weight excluding hydrogens is 428 g/mol. The van der Waals surface area contributed by atoms with Gasteiger partial charge < -0.3 is 15.4 Å². The first-order valence-corrected chi connectivity index (χ1v) is 9.75. The summed E-state index contributed by atoms with van der Waals surface area (Å²) in [7, 11) is 0. The molecule has 12 heteroatoms. The summed E-state index contributed by atoms with van der Waals surface area (Å²) in [4.78, 5) is 11.7. The van der Waals surface area contributed by atoms with Gasteiger partial charge in [-0.05, 0) is 31.0 Å². The molecule has 3 rings (SSSR count). The fraction of sp³-hybridized carbons (Fsp3) is 0.526. The molecule has 1 aromatic heterocycles. The molecular formula is C19H21F6N5O. The van der Waals surface area contributed by atoms with E-state index in [1.807, 2.05) is 0 Å². The quantitative estimate of drug-likeness (QED) is 0.435. The van der Waals surface area contributed by atoms with Crippen molar-refractivity contribution in [2.24, 2.45) is 0 Å². The van der Waals surface area contributed by atoms with Crippen molar-refractivity contribution in [2.45, 2.75) is 56.9 Å². The SMILES string of the molecule is FC(F)(F)COc1nc(Nc2cccc(C(F)(F)F)c2)nc(NC2CCCCCC2)n1. The van der Waals surface area contributed by atoms with Gasteiger partial charge in [-0.2, -0.15) is 41.3 Å². The first-order valence-electron chi connectivity index (χ1n) is 9.75. The lowest BCUT2D eigenvalue weighted by Gasteiger charge is -2.17. The van der Waals surface area contributed by atoms with E-state index < -0.39 is 30.5 Å². The van der Waals surface area contributed by atoms with Gasteiger partial charge in [0.25, 0.3) is 0 Å². The lowest BCUT2D eigenvalue weighted by molar-refractivity contribution is -0.154. The van der Waals surface area contributed by atoms with Crippen molar-refractivity contribution in [3.8, 4) is 6.01 Å². The van der Waals surface area contributed by atoms with Crippen molar-refractivity contribution in [1.82, 2.24) is 15.0 Å². The largest absolute Gasteiger partial charge is 0.454 e. The highest BCUT2D eigenvalue weighted by Gasteiger charge is 2.31. The minimum atomic E-state index is -4.60. The van der Waals surface area contributed by atoms with Gasteiger partial charge in [0.05, 0.1) is 5.56 Å². The highest BCUT2D eigenvalue weighted by molar-refractivity contribution is 5.56. The molecule has 0 unspecified atom stereocenters. The van der Waals surface area contributed by atoms with E-state index >= 15 is 0 Å². The minimum Gasteiger partial charge on any atom is -0.454 e. The Balaban J connectivity index is 1.83. The van der Waals surface area contributed by atoms with Crippen molar-refractivity contribution in [3.05, 3.63) is 29.8 Å². The molecule has 2 N–H and O–H groups in total. The van der Waals surface area contributed by atoms with E-state index in [0.717, 1.165) is 50.7 Å². The average Bonchev–Trinajstić information content (AvgIpc) is 2.94. The van der Waals surface area contributed by atoms with Crippen LogP contribution in [0.15, 0.2) is 24.3 Å². The molecule has 1 heterocycles. The number of rotatable bonds is 6. The topological polar surface area (TPSA) is 72.0 Å². The van der Waals surface area contributed by atoms with E-state index in [-0.39, 0.29) is 23.6 Å². The zero-order chi connectivity index (χ0) is 22.5. The first kappa shape index (κ1) is 22.9. The van der Waals surface area contributed by atoms with Crippen molar-refractivity contribution in [3.63, 3.8) is 0 Å². The van der Waals surface area contributed by atoms with Crippen molar-refractivity contribution in [1.29, 1.82) is 0 Å². The Kier molecular flexibility index (Phi) is 7.06. The maximum Gasteiger partial charge on any atom is 0.422 e. The predicted octanol–water partition coefficient (Wildman–Crippen LogP) is 5.71. The fourth-order valence-electron chi connectivity index (χ4n) is 3.20. The summed E-state index contributed by atoms with van der Waals surface area (Å²) in [6.07, 6.45) is -3.28. The van der Waals surface area contributed by atoms with Gasteiger partial charge in [0, 0.05) is 11.7 Å². The number of halogens is 6. The van der Waals surface area contributed by atoms with Gasteiger partial charge in [0.15, 0.2) is 6.61 Å². The summed E-state index contributed by atoms with van der Waals surface area (Å²) < 4.78 is 81.0. The fourth-order valence-corrected chi connectivity index (χ4v) is 3.20. The van der Waals surface area contributed by atoms with E-state index in [9.17, 15) is 26.3 Å². The van der Waals surface area contributed by atoms with Gasteiger partial charge in [0.2, 0.25) is 11.9 Å². The van der Waals surface area contributed by atoms with Gasteiger partial charge in [-0.15, -0.1) is 0 Å². The second kappa shape index (κ2) is 9.56. The second-order valence-electron chi connectivity index (χ2n) is 7.21. The molecule has 1 aliphatic rings. The van der Waals surface area contributed by atoms with Crippen LogP contribution in [0.4, 0.5) is 43.9 Å². The maximum atomic E-state index is 12.9. The van der Waals surface area contributed by atoms with E-state index in [4.69, 9.17) is 0 Å². The van der Waals surface area contributed by atoms with Crippen molar-refractivity contribution in [2.75, 3.05) is 17.2 Å². The van der Waals surface area contributed by atoms with Gasteiger partial charge in [-0.25, -0.2) is 0 Å². The number of aromatic nitrogens is 3. The van der Waals surface area contributed by atoms with E-state index in [2.05, 4.69) is 30.3 Å². The lowest BCUT2D eigenvalue weighted by Crippen LogP contribution is -2.23. The molecule has 2 aromatic rings. The molecule has 0 amide bonds. The van der Waals surface area contributed by atoms with Crippen LogP contribution in [-0.2, 0) is 6.18 Å². The third-order valence-electron chi connectivity index (χ3n) is 4.61. The van der Waals surface area contributed by atoms with Crippen LogP contribution in [0.25, 0.3) is 0 Å². The summed E-state index contributed by atoms with van der Waals surface area (Å²) in [6.45, 7) is -1.61.